The number of carbonyl (C=O) groups excluding carboxylic acids is 2. The lowest BCUT2D eigenvalue weighted by Gasteiger charge is -2.29. The van der Waals surface area contributed by atoms with Crippen molar-refractivity contribution in [2.75, 3.05) is 5.32 Å². The zero-order valence-corrected chi connectivity index (χ0v) is 16.0. The first-order valence-corrected chi connectivity index (χ1v) is 9.94. The van der Waals surface area contributed by atoms with Crippen molar-refractivity contribution < 1.29 is 9.59 Å². The van der Waals surface area contributed by atoms with Gasteiger partial charge in [-0.1, -0.05) is 30.3 Å². The van der Waals surface area contributed by atoms with Crippen LogP contribution in [0.15, 0.2) is 54.6 Å². The van der Waals surface area contributed by atoms with Crippen LogP contribution < -0.4 is 10.6 Å². The topological polar surface area (TPSA) is 74.3 Å². The van der Waals surface area contributed by atoms with E-state index in [0.717, 1.165) is 35.4 Å². The highest BCUT2D eigenvalue weighted by molar-refractivity contribution is 6.00. The predicted molar refractivity (Wildman–Crippen MR) is 111 cm³/mol. The highest BCUT2D eigenvalue weighted by Gasteiger charge is 2.34. The third kappa shape index (κ3) is 3.59. The normalized spacial score (nSPS) is 19.2. The van der Waals surface area contributed by atoms with Crippen LogP contribution in [0.1, 0.15) is 29.7 Å². The van der Waals surface area contributed by atoms with Crippen molar-refractivity contribution in [3.8, 4) is 0 Å². The summed E-state index contributed by atoms with van der Waals surface area (Å²) in [6.07, 6.45) is 1.01. The van der Waals surface area contributed by atoms with Crippen molar-refractivity contribution in [2.45, 2.75) is 38.5 Å². The van der Waals surface area contributed by atoms with E-state index in [1.165, 1.54) is 11.1 Å². The largest absolute Gasteiger partial charge is 0.379 e. The van der Waals surface area contributed by atoms with Gasteiger partial charge in [0.25, 0.3) is 0 Å². The number of aromatic nitrogens is 1. The minimum absolute atomic E-state index is 0.170. The maximum atomic E-state index is 12.2. The molecule has 2 N–H and O–H groups in total. The van der Waals surface area contributed by atoms with E-state index >= 15 is 0 Å². The smallest absolute Gasteiger partial charge is 0.243 e. The molecule has 29 heavy (non-hydrogen) atoms. The van der Waals surface area contributed by atoms with Gasteiger partial charge >= 0.3 is 0 Å². The first kappa shape index (κ1) is 17.8. The van der Waals surface area contributed by atoms with Crippen molar-refractivity contribution in [3.05, 3.63) is 71.4 Å². The van der Waals surface area contributed by atoms with Gasteiger partial charge in [0.05, 0.1) is 23.8 Å². The Morgan fingerprint density at radius 2 is 1.90 bits per heavy atom. The molecule has 6 nitrogen and oxygen atoms in total. The summed E-state index contributed by atoms with van der Waals surface area (Å²) < 4.78 is 0. The molecule has 0 saturated carbocycles. The molecule has 0 bridgehead atoms. The maximum absolute atomic E-state index is 12.2. The molecule has 2 aliphatic rings. The minimum Gasteiger partial charge on any atom is -0.379 e. The van der Waals surface area contributed by atoms with Gasteiger partial charge < -0.3 is 5.32 Å². The molecule has 3 heterocycles. The van der Waals surface area contributed by atoms with Gasteiger partial charge in [0.2, 0.25) is 11.8 Å². The fraction of sp³-hybridized carbons (Fsp3) is 0.261. The van der Waals surface area contributed by atoms with Crippen LogP contribution in [0, 0.1) is 0 Å². The average Bonchev–Trinajstić information content (AvgIpc) is 3.15. The Hall–Kier alpha value is -3.25. The molecule has 1 aromatic heterocycles. The Morgan fingerprint density at radius 3 is 2.79 bits per heavy atom. The van der Waals surface area contributed by atoms with Crippen molar-refractivity contribution in [1.29, 1.82) is 0 Å². The summed E-state index contributed by atoms with van der Waals surface area (Å²) in [6.45, 7) is 2.12. The number of pyridine rings is 1. The minimum atomic E-state index is -0.224. The SMILES string of the molecule is O=C1CCC(N2Cc3ccc(NCc4ccc5ccccc5n4)cc3C2)C(=O)N1. The lowest BCUT2D eigenvalue weighted by molar-refractivity contribution is -0.137. The number of rotatable bonds is 4. The highest BCUT2D eigenvalue weighted by Crippen LogP contribution is 2.29. The van der Waals surface area contributed by atoms with Crippen LogP contribution in [-0.2, 0) is 29.2 Å². The molecule has 3 aromatic rings. The molecule has 6 heteroatoms. The molecule has 1 fully saturated rings. The van der Waals surface area contributed by atoms with Gasteiger partial charge in [0.1, 0.15) is 0 Å². The van der Waals surface area contributed by atoms with E-state index in [-0.39, 0.29) is 17.9 Å². The molecule has 1 atom stereocenters. The monoisotopic (exact) mass is 386 g/mol. The van der Waals surface area contributed by atoms with Gasteiger partial charge in [-0.15, -0.1) is 0 Å². The number of benzene rings is 2. The van der Waals surface area contributed by atoms with E-state index in [4.69, 9.17) is 4.98 Å². The quantitative estimate of drug-likeness (QED) is 0.675. The number of amides is 2. The molecule has 2 aromatic carbocycles. The van der Waals surface area contributed by atoms with Crippen molar-refractivity contribution >= 4 is 28.4 Å². The van der Waals surface area contributed by atoms with Crippen LogP contribution in [0.3, 0.4) is 0 Å². The summed E-state index contributed by atoms with van der Waals surface area (Å²) in [5.41, 5.74) is 5.51. The third-order valence-electron chi connectivity index (χ3n) is 5.73. The fourth-order valence-corrected chi connectivity index (χ4v) is 4.18. The first-order valence-electron chi connectivity index (χ1n) is 9.94. The summed E-state index contributed by atoms with van der Waals surface area (Å²) in [5, 5.41) is 7.06. The fourth-order valence-electron chi connectivity index (χ4n) is 4.18. The second-order valence-corrected chi connectivity index (χ2v) is 7.70. The van der Waals surface area contributed by atoms with Crippen LogP contribution in [0.2, 0.25) is 0 Å². The molecule has 0 spiro atoms. The van der Waals surface area contributed by atoms with E-state index in [2.05, 4.69) is 45.9 Å². The number of fused-ring (bicyclic) bond motifs is 2. The van der Waals surface area contributed by atoms with E-state index < -0.39 is 0 Å². The molecular formula is C23H22N4O2. The first-order chi connectivity index (χ1) is 14.2. The van der Waals surface area contributed by atoms with Crippen LogP contribution in [0.4, 0.5) is 5.69 Å². The van der Waals surface area contributed by atoms with Gasteiger partial charge in [-0.05, 0) is 41.8 Å². The number of anilines is 1. The lowest BCUT2D eigenvalue weighted by Crippen LogP contribution is -2.50. The van der Waals surface area contributed by atoms with E-state index in [9.17, 15) is 9.59 Å². The zero-order valence-electron chi connectivity index (χ0n) is 16.0. The third-order valence-corrected chi connectivity index (χ3v) is 5.73. The van der Waals surface area contributed by atoms with Crippen LogP contribution in [0.5, 0.6) is 0 Å². The van der Waals surface area contributed by atoms with Crippen molar-refractivity contribution in [1.82, 2.24) is 15.2 Å². The number of nitrogens with zero attached hydrogens (tertiary/aromatic N) is 2. The Labute approximate surface area is 168 Å². The van der Waals surface area contributed by atoms with Crippen molar-refractivity contribution in [2.24, 2.45) is 0 Å². The van der Waals surface area contributed by atoms with Gasteiger partial charge in [0, 0.05) is 30.6 Å². The molecule has 0 aliphatic carbocycles. The lowest BCUT2D eigenvalue weighted by atomic mass is 10.0. The maximum Gasteiger partial charge on any atom is 0.243 e. The van der Waals surface area contributed by atoms with Gasteiger partial charge in [-0.3, -0.25) is 24.8 Å². The Balaban J connectivity index is 1.26. The van der Waals surface area contributed by atoms with Crippen LogP contribution >= 0.6 is 0 Å². The summed E-state index contributed by atoms with van der Waals surface area (Å²) in [5.74, 6) is -0.341. The molecular weight excluding hydrogens is 364 g/mol. The zero-order chi connectivity index (χ0) is 19.8. The van der Waals surface area contributed by atoms with Gasteiger partial charge in [0.15, 0.2) is 0 Å². The van der Waals surface area contributed by atoms with Crippen molar-refractivity contribution in [3.63, 3.8) is 0 Å². The number of carbonyl (C=O) groups is 2. The summed E-state index contributed by atoms with van der Waals surface area (Å²) >= 11 is 0. The molecule has 0 radical (unpaired) electrons. The number of imide groups is 1. The number of hydrogen-bond acceptors (Lipinski definition) is 5. The molecule has 1 saturated heterocycles. The van der Waals surface area contributed by atoms with Crippen LogP contribution in [0.25, 0.3) is 10.9 Å². The Bertz CT molecular complexity index is 1110. The number of para-hydroxylation sites is 1. The average molecular weight is 386 g/mol. The molecule has 146 valence electrons. The molecule has 2 amide bonds. The van der Waals surface area contributed by atoms with Gasteiger partial charge in [-0.2, -0.15) is 0 Å². The highest BCUT2D eigenvalue weighted by atomic mass is 16.2. The van der Waals surface area contributed by atoms with E-state index in [1.807, 2.05) is 24.3 Å². The summed E-state index contributed by atoms with van der Waals surface area (Å²) in [4.78, 5) is 30.4. The number of piperidine rings is 1. The Morgan fingerprint density at radius 1 is 1.03 bits per heavy atom. The van der Waals surface area contributed by atoms with Crippen LogP contribution in [-0.4, -0.2) is 27.7 Å². The second kappa shape index (κ2) is 7.29. The summed E-state index contributed by atoms with van der Waals surface area (Å²) in [7, 11) is 0. The van der Waals surface area contributed by atoms with E-state index in [0.29, 0.717) is 19.4 Å². The number of hydrogen-bond donors (Lipinski definition) is 2. The van der Waals surface area contributed by atoms with E-state index in [1.54, 1.807) is 0 Å². The summed E-state index contributed by atoms with van der Waals surface area (Å²) in [6, 6.07) is 18.4. The molecule has 5 rings (SSSR count). The predicted octanol–water partition coefficient (Wildman–Crippen LogP) is 2.97. The standard InChI is InChI=1S/C23H22N4O2/c28-22-10-9-21(23(29)26-22)27-13-16-6-7-18(11-17(16)14-27)24-12-19-8-5-15-3-1-2-4-20(15)25-19/h1-8,11,21,24H,9-10,12-14H2,(H,26,28,29). The number of nitrogens with one attached hydrogen (secondary N) is 2. The molecule has 1 unspecified atom stereocenters. The second-order valence-electron chi connectivity index (χ2n) is 7.70. The Kier molecular flexibility index (Phi) is 4.48. The van der Waals surface area contributed by atoms with Gasteiger partial charge in [-0.25, -0.2) is 0 Å². The molecule has 2 aliphatic heterocycles.